The summed E-state index contributed by atoms with van der Waals surface area (Å²) in [6, 6.07) is 8.45. The fraction of sp³-hybridized carbons (Fsp3) is 0.250. The summed E-state index contributed by atoms with van der Waals surface area (Å²) in [4.78, 5) is 17.4. The van der Waals surface area contributed by atoms with E-state index in [9.17, 15) is 9.90 Å². The molecule has 4 nitrogen and oxygen atoms in total. The van der Waals surface area contributed by atoms with Crippen molar-refractivity contribution < 1.29 is 14.5 Å². The number of benzene rings is 1. The molecule has 0 radical (unpaired) electrons. The minimum Gasteiger partial charge on any atom is -0.758 e. The summed E-state index contributed by atoms with van der Waals surface area (Å²) in [6.45, 7) is 7.86. The van der Waals surface area contributed by atoms with E-state index in [1.54, 1.807) is 35.2 Å². The van der Waals surface area contributed by atoms with Gasteiger partial charge in [0.2, 0.25) is 11.8 Å². The number of hydrogen-bond donors (Lipinski definition) is 1. The monoisotopic (exact) mass is 354 g/mol. The Morgan fingerprint density at radius 1 is 1.36 bits per heavy atom. The molecule has 25 heavy (non-hydrogen) atoms. The summed E-state index contributed by atoms with van der Waals surface area (Å²) in [5, 5.41) is 9.67. The molecule has 0 saturated carbocycles. The number of aromatic nitrogens is 1. The van der Waals surface area contributed by atoms with Gasteiger partial charge in [-0.15, -0.1) is 6.58 Å². The van der Waals surface area contributed by atoms with Crippen molar-refractivity contribution in [2.45, 2.75) is 26.5 Å². The predicted molar refractivity (Wildman–Crippen MR) is 102 cm³/mol. The Bertz CT molecular complexity index is 815. The van der Waals surface area contributed by atoms with Crippen LogP contribution in [0.4, 0.5) is 0 Å². The molecule has 0 amide bonds. The van der Waals surface area contributed by atoms with Crippen molar-refractivity contribution in [2.75, 3.05) is 6.54 Å². The van der Waals surface area contributed by atoms with Crippen molar-refractivity contribution in [3.8, 4) is 0 Å². The number of carbonyl (C=O) groups is 1. The van der Waals surface area contributed by atoms with E-state index in [1.165, 1.54) is 0 Å². The van der Waals surface area contributed by atoms with Crippen LogP contribution in [-0.4, -0.2) is 22.5 Å². The van der Waals surface area contributed by atoms with Gasteiger partial charge in [-0.1, -0.05) is 18.2 Å². The van der Waals surface area contributed by atoms with Gasteiger partial charge in [0.05, 0.1) is 13.2 Å². The first-order valence-electron chi connectivity index (χ1n) is 8.02. The van der Waals surface area contributed by atoms with E-state index in [0.29, 0.717) is 22.7 Å². The number of aliphatic hydroxyl groups is 1. The van der Waals surface area contributed by atoms with Crippen LogP contribution in [0.15, 0.2) is 60.4 Å². The van der Waals surface area contributed by atoms with Crippen molar-refractivity contribution in [3.63, 3.8) is 0 Å². The Labute approximate surface area is 154 Å². The Morgan fingerprint density at radius 3 is 2.76 bits per heavy atom. The van der Waals surface area contributed by atoms with Crippen molar-refractivity contribution in [2.24, 2.45) is 4.99 Å². The van der Waals surface area contributed by atoms with Gasteiger partial charge in [-0.2, -0.15) is 4.57 Å². The molecule has 2 aromatic rings. The minimum atomic E-state index is -0.733. The first-order chi connectivity index (χ1) is 12.0. The number of pyridine rings is 1. The molecule has 0 aliphatic carbocycles. The van der Waals surface area contributed by atoms with Crippen molar-refractivity contribution >= 4 is 23.5 Å². The molecule has 1 heterocycles. The highest BCUT2D eigenvalue weighted by molar-refractivity contribution is 7.77. The van der Waals surface area contributed by atoms with Crippen molar-refractivity contribution in [1.82, 2.24) is 0 Å². The van der Waals surface area contributed by atoms with Crippen molar-refractivity contribution in [1.29, 1.82) is 0 Å². The number of aliphatic imine (C=N–C) groups is 1. The lowest BCUT2D eigenvalue weighted by atomic mass is 9.99. The molecule has 2 rings (SSSR count). The first kappa shape index (κ1) is 19.0. The summed E-state index contributed by atoms with van der Waals surface area (Å²) >= 11 is 5.42. The van der Waals surface area contributed by atoms with Gasteiger partial charge >= 0.3 is 0 Å². The summed E-state index contributed by atoms with van der Waals surface area (Å²) < 4.78 is 1.71. The number of aryl methyl sites for hydroxylation is 2. The molecule has 1 aromatic heterocycles. The van der Waals surface area contributed by atoms with Crippen LogP contribution in [-0.2, 0) is 19.2 Å². The molecule has 130 valence electrons. The third-order valence-corrected chi connectivity index (χ3v) is 4.37. The molecule has 1 N–H and O–H groups in total. The van der Waals surface area contributed by atoms with Crippen LogP contribution in [0.2, 0.25) is 0 Å². The van der Waals surface area contributed by atoms with Crippen molar-refractivity contribution in [3.05, 3.63) is 77.6 Å². The molecular weight excluding hydrogens is 332 g/mol. The van der Waals surface area contributed by atoms with Crippen LogP contribution in [0.5, 0.6) is 0 Å². The highest BCUT2D eigenvalue weighted by atomic mass is 32.1. The SMILES string of the molecule is C=CCN=C([S-])[C@H](C(=O)c1ccc(C)c(C)c1)[n+]1cccc(CO)c1. The van der Waals surface area contributed by atoms with Gasteiger partial charge in [0.1, 0.15) is 0 Å². The lowest BCUT2D eigenvalue weighted by molar-refractivity contribution is -0.692. The van der Waals surface area contributed by atoms with Crippen LogP contribution in [0, 0.1) is 13.8 Å². The number of carbonyl (C=O) groups excluding carboxylic acids is 1. The Hall–Kier alpha value is -2.37. The van der Waals surface area contributed by atoms with Gasteiger partial charge in [-0.05, 0) is 42.2 Å². The highest BCUT2D eigenvalue weighted by Crippen LogP contribution is 2.16. The van der Waals surface area contributed by atoms with E-state index in [4.69, 9.17) is 12.6 Å². The molecule has 0 saturated heterocycles. The number of rotatable bonds is 7. The maximum absolute atomic E-state index is 13.2. The lowest BCUT2D eigenvalue weighted by Gasteiger charge is -2.19. The minimum absolute atomic E-state index is 0.109. The number of aliphatic hydroxyl groups excluding tert-OH is 1. The van der Waals surface area contributed by atoms with E-state index >= 15 is 0 Å². The molecule has 5 heteroatoms. The second kappa shape index (κ2) is 8.65. The van der Waals surface area contributed by atoms with Gasteiger partial charge in [-0.3, -0.25) is 4.79 Å². The maximum atomic E-state index is 13.2. The van der Waals surface area contributed by atoms with Gasteiger partial charge in [0.15, 0.2) is 12.4 Å². The van der Waals surface area contributed by atoms with E-state index in [1.807, 2.05) is 32.0 Å². The molecule has 0 aliphatic rings. The van der Waals surface area contributed by atoms with E-state index < -0.39 is 6.04 Å². The third kappa shape index (κ3) is 4.59. The Morgan fingerprint density at radius 2 is 2.12 bits per heavy atom. The molecule has 0 bridgehead atoms. The topological polar surface area (TPSA) is 53.5 Å². The van der Waals surface area contributed by atoms with Crippen LogP contribution in [0.25, 0.3) is 0 Å². The third-order valence-electron chi connectivity index (χ3n) is 4.01. The number of ketones is 1. The average Bonchev–Trinajstić information content (AvgIpc) is 2.62. The van der Waals surface area contributed by atoms with Crippen LogP contribution >= 0.6 is 0 Å². The molecule has 0 spiro atoms. The fourth-order valence-corrected chi connectivity index (χ4v) is 2.77. The number of nitrogens with zero attached hydrogens (tertiary/aromatic N) is 2. The fourth-order valence-electron chi connectivity index (χ4n) is 2.47. The van der Waals surface area contributed by atoms with Gasteiger partial charge in [0, 0.05) is 17.2 Å². The molecular formula is C20H22N2O2S. The second-order valence-electron chi connectivity index (χ2n) is 5.85. The molecule has 1 aromatic carbocycles. The highest BCUT2D eigenvalue weighted by Gasteiger charge is 2.28. The van der Waals surface area contributed by atoms with E-state index in [0.717, 1.165) is 11.1 Å². The molecule has 0 unspecified atom stereocenters. The van der Waals surface area contributed by atoms with E-state index in [2.05, 4.69) is 11.6 Å². The van der Waals surface area contributed by atoms with Gasteiger partial charge < -0.3 is 22.7 Å². The normalized spacial score (nSPS) is 12.7. The molecule has 1 atom stereocenters. The van der Waals surface area contributed by atoms with Crippen LogP contribution in [0.3, 0.4) is 0 Å². The van der Waals surface area contributed by atoms with Crippen LogP contribution < -0.4 is 4.57 Å². The first-order valence-corrected chi connectivity index (χ1v) is 8.43. The van der Waals surface area contributed by atoms with Gasteiger partial charge in [0.25, 0.3) is 0 Å². The number of hydrogen-bond acceptors (Lipinski definition) is 4. The average molecular weight is 354 g/mol. The second-order valence-corrected chi connectivity index (χ2v) is 6.27. The standard InChI is InChI=1S/C20H22N2O2S/c1-4-9-21-20(25)18(22-10-5-6-16(12-22)13-23)19(24)17-8-7-14(2)15(3)11-17/h4-8,10-12,18,23H,1,9,13H2,2-3H3/t18-/m0/s1. The molecule has 0 fully saturated rings. The Kier molecular flexibility index (Phi) is 6.56. The quantitative estimate of drug-likeness (QED) is 0.208. The summed E-state index contributed by atoms with van der Waals surface area (Å²) in [6.07, 6.45) is 5.12. The van der Waals surface area contributed by atoms with Gasteiger partial charge in [-0.25, -0.2) is 0 Å². The zero-order valence-corrected chi connectivity index (χ0v) is 15.3. The predicted octanol–water partition coefficient (Wildman–Crippen LogP) is 2.64. The summed E-state index contributed by atoms with van der Waals surface area (Å²) in [7, 11) is 0. The van der Waals surface area contributed by atoms with Crippen LogP contribution in [0.1, 0.15) is 33.1 Å². The molecule has 0 aliphatic heterocycles. The summed E-state index contributed by atoms with van der Waals surface area (Å²) in [5.74, 6) is -0.124. The maximum Gasteiger partial charge on any atom is 0.237 e. The zero-order chi connectivity index (χ0) is 18.4. The largest absolute Gasteiger partial charge is 0.758 e. The van der Waals surface area contributed by atoms with E-state index in [-0.39, 0.29) is 12.4 Å². The smallest absolute Gasteiger partial charge is 0.237 e. The summed E-state index contributed by atoms with van der Waals surface area (Å²) in [5.41, 5.74) is 3.47. The lowest BCUT2D eigenvalue weighted by Crippen LogP contribution is -2.48. The zero-order valence-electron chi connectivity index (χ0n) is 14.5. The Balaban J connectivity index is 2.51. The number of Topliss-reactive ketones (excluding diaryl/α,β-unsaturated/α-hetero) is 1.